The number of aryl methyl sites for hydroxylation is 1. The van der Waals surface area contributed by atoms with Gasteiger partial charge in [-0.1, -0.05) is 0 Å². The zero-order valence-corrected chi connectivity index (χ0v) is 11.4. The van der Waals surface area contributed by atoms with Crippen LogP contribution in [-0.2, 0) is 0 Å². The fourth-order valence-electron chi connectivity index (χ4n) is 2.08. The van der Waals surface area contributed by atoms with Crippen molar-refractivity contribution in [3.63, 3.8) is 0 Å². The van der Waals surface area contributed by atoms with Crippen molar-refractivity contribution in [1.29, 1.82) is 0 Å². The molecule has 3 rings (SSSR count). The van der Waals surface area contributed by atoms with Gasteiger partial charge in [0, 0.05) is 6.54 Å². The summed E-state index contributed by atoms with van der Waals surface area (Å²) in [6.07, 6.45) is 2.99. The lowest BCUT2D eigenvalue weighted by molar-refractivity contribution is 0.631. The fraction of sp³-hybridized carbons (Fsp3) is 0.500. The Balaban J connectivity index is 1.79. The van der Waals surface area contributed by atoms with Crippen LogP contribution in [0.5, 0.6) is 0 Å². The molecule has 0 spiro atoms. The van der Waals surface area contributed by atoms with Crippen LogP contribution in [0.3, 0.4) is 0 Å². The van der Waals surface area contributed by atoms with E-state index in [2.05, 4.69) is 39.4 Å². The topological polar surface area (TPSA) is 37.8 Å². The summed E-state index contributed by atoms with van der Waals surface area (Å²) in [7, 11) is 0. The van der Waals surface area contributed by atoms with Crippen molar-refractivity contribution in [2.24, 2.45) is 5.92 Å². The first kappa shape index (κ1) is 11.3. The Bertz CT molecular complexity index is 517. The predicted molar refractivity (Wildman–Crippen MR) is 76.1 cm³/mol. The number of aromatic nitrogens is 2. The Morgan fingerprint density at radius 1 is 1.47 bits per heavy atom. The van der Waals surface area contributed by atoms with E-state index >= 15 is 0 Å². The number of anilines is 1. The minimum absolute atomic E-state index is 0.797. The summed E-state index contributed by atoms with van der Waals surface area (Å²) < 4.78 is 1.19. The molecule has 0 amide bonds. The van der Waals surface area contributed by atoms with Gasteiger partial charge in [0.1, 0.15) is 12.1 Å². The number of nitrogens with zero attached hydrogens (tertiary/aromatic N) is 2. The van der Waals surface area contributed by atoms with Crippen LogP contribution in [0.15, 0.2) is 11.7 Å². The van der Waals surface area contributed by atoms with Gasteiger partial charge in [-0.15, -0.1) is 11.3 Å². The van der Waals surface area contributed by atoms with Crippen molar-refractivity contribution in [2.45, 2.75) is 13.3 Å². The van der Waals surface area contributed by atoms with Gasteiger partial charge >= 0.3 is 0 Å². The summed E-state index contributed by atoms with van der Waals surface area (Å²) in [6.45, 7) is 3.14. The zero-order chi connectivity index (χ0) is 11.7. The minimum Gasteiger partial charge on any atom is -0.368 e. The molecule has 0 saturated carbocycles. The lowest BCUT2D eigenvalue weighted by Crippen LogP contribution is -2.14. The summed E-state index contributed by atoms with van der Waals surface area (Å²) >= 11 is 3.79. The van der Waals surface area contributed by atoms with Gasteiger partial charge in [0.25, 0.3) is 0 Å². The van der Waals surface area contributed by atoms with Gasteiger partial charge in [0.05, 0.1) is 10.2 Å². The molecule has 1 unspecified atom stereocenters. The van der Waals surface area contributed by atoms with E-state index in [0.717, 1.165) is 23.8 Å². The molecule has 90 valence electrons. The third-order valence-corrected chi connectivity index (χ3v) is 5.44. The number of rotatable bonds is 3. The van der Waals surface area contributed by atoms with Gasteiger partial charge in [-0.25, -0.2) is 9.97 Å². The van der Waals surface area contributed by atoms with Gasteiger partial charge in [-0.05, 0) is 41.7 Å². The molecular weight excluding hydrogens is 250 g/mol. The van der Waals surface area contributed by atoms with Crippen molar-refractivity contribution in [2.75, 3.05) is 23.4 Å². The van der Waals surface area contributed by atoms with Gasteiger partial charge < -0.3 is 5.32 Å². The maximum Gasteiger partial charge on any atom is 0.147 e. The van der Waals surface area contributed by atoms with E-state index in [4.69, 9.17) is 0 Å². The fourth-order valence-corrected chi connectivity index (χ4v) is 4.33. The first-order valence-electron chi connectivity index (χ1n) is 5.85. The van der Waals surface area contributed by atoms with E-state index in [1.54, 1.807) is 17.7 Å². The minimum atomic E-state index is 0.797. The molecule has 3 nitrogen and oxygen atoms in total. The number of fused-ring (bicyclic) bond motifs is 1. The summed E-state index contributed by atoms with van der Waals surface area (Å²) in [5.74, 6) is 4.39. The molecule has 1 N–H and O–H groups in total. The third-order valence-electron chi connectivity index (χ3n) is 3.11. The quantitative estimate of drug-likeness (QED) is 0.925. The summed E-state index contributed by atoms with van der Waals surface area (Å²) in [5.41, 5.74) is 2.33. The average molecular weight is 265 g/mol. The van der Waals surface area contributed by atoms with E-state index in [1.165, 1.54) is 28.2 Å². The molecule has 2 aromatic rings. The van der Waals surface area contributed by atoms with E-state index in [1.807, 2.05) is 0 Å². The summed E-state index contributed by atoms with van der Waals surface area (Å²) in [6, 6.07) is 0. The van der Waals surface area contributed by atoms with Gasteiger partial charge in [-0.3, -0.25) is 0 Å². The van der Waals surface area contributed by atoms with Crippen LogP contribution >= 0.6 is 23.1 Å². The maximum absolute atomic E-state index is 4.36. The SMILES string of the molecule is Cc1csc2c(NCC3CCSC3)ncnc12. The molecule has 1 saturated heterocycles. The summed E-state index contributed by atoms with van der Waals surface area (Å²) in [5, 5.41) is 5.64. The lowest BCUT2D eigenvalue weighted by Gasteiger charge is -2.10. The third kappa shape index (κ3) is 2.26. The molecule has 0 bridgehead atoms. The number of nitrogens with one attached hydrogen (secondary N) is 1. The average Bonchev–Trinajstić information content (AvgIpc) is 2.97. The number of hydrogen-bond donors (Lipinski definition) is 1. The van der Waals surface area contributed by atoms with Crippen LogP contribution in [0, 0.1) is 12.8 Å². The standard InChI is InChI=1S/C12H15N3S2/c1-8-5-17-11-10(8)14-7-15-12(11)13-4-9-2-3-16-6-9/h5,7,9H,2-4,6H2,1H3,(H,13,14,15). The Hall–Kier alpha value is -0.810. The highest BCUT2D eigenvalue weighted by Gasteiger charge is 2.16. The second-order valence-electron chi connectivity index (χ2n) is 4.43. The van der Waals surface area contributed by atoms with Crippen molar-refractivity contribution in [3.05, 3.63) is 17.3 Å². The van der Waals surface area contributed by atoms with Crippen molar-refractivity contribution < 1.29 is 0 Å². The highest BCUT2D eigenvalue weighted by molar-refractivity contribution is 7.99. The second kappa shape index (κ2) is 4.82. The maximum atomic E-state index is 4.36. The van der Waals surface area contributed by atoms with E-state index < -0.39 is 0 Å². The lowest BCUT2D eigenvalue weighted by atomic mass is 10.1. The number of thiophene rings is 1. The van der Waals surface area contributed by atoms with Gasteiger partial charge in [-0.2, -0.15) is 11.8 Å². The highest BCUT2D eigenvalue weighted by atomic mass is 32.2. The largest absolute Gasteiger partial charge is 0.368 e. The first-order valence-corrected chi connectivity index (χ1v) is 7.88. The van der Waals surface area contributed by atoms with Crippen molar-refractivity contribution >= 4 is 39.1 Å². The molecule has 1 aliphatic rings. The molecule has 1 fully saturated rings. The Labute approximate surface area is 109 Å². The molecule has 1 atom stereocenters. The van der Waals surface area contributed by atoms with Crippen LogP contribution < -0.4 is 5.32 Å². The second-order valence-corrected chi connectivity index (χ2v) is 6.46. The van der Waals surface area contributed by atoms with Crippen molar-refractivity contribution in [3.8, 4) is 0 Å². The normalized spacial score (nSPS) is 19.9. The molecule has 0 radical (unpaired) electrons. The number of thioether (sulfide) groups is 1. The van der Waals surface area contributed by atoms with Crippen LogP contribution in [0.2, 0.25) is 0 Å². The molecule has 17 heavy (non-hydrogen) atoms. The van der Waals surface area contributed by atoms with Crippen LogP contribution in [-0.4, -0.2) is 28.0 Å². The molecule has 1 aliphatic heterocycles. The highest BCUT2D eigenvalue weighted by Crippen LogP contribution is 2.29. The first-order chi connectivity index (χ1) is 8.34. The van der Waals surface area contributed by atoms with Gasteiger partial charge in [0.2, 0.25) is 0 Å². The van der Waals surface area contributed by atoms with Crippen LogP contribution in [0.1, 0.15) is 12.0 Å². The van der Waals surface area contributed by atoms with Crippen molar-refractivity contribution in [1.82, 2.24) is 9.97 Å². The summed E-state index contributed by atoms with van der Waals surface area (Å²) in [4.78, 5) is 8.70. The molecule has 3 heterocycles. The van der Waals surface area contributed by atoms with Crippen LogP contribution in [0.25, 0.3) is 10.2 Å². The van der Waals surface area contributed by atoms with E-state index in [0.29, 0.717) is 0 Å². The smallest absolute Gasteiger partial charge is 0.147 e. The van der Waals surface area contributed by atoms with E-state index in [-0.39, 0.29) is 0 Å². The van der Waals surface area contributed by atoms with Gasteiger partial charge in [0.15, 0.2) is 0 Å². The predicted octanol–water partition coefficient (Wildman–Crippen LogP) is 3.16. The zero-order valence-electron chi connectivity index (χ0n) is 9.77. The Morgan fingerprint density at radius 3 is 3.24 bits per heavy atom. The van der Waals surface area contributed by atoms with E-state index in [9.17, 15) is 0 Å². The molecule has 0 aromatic carbocycles. The van der Waals surface area contributed by atoms with Crippen LogP contribution in [0.4, 0.5) is 5.82 Å². The molecule has 5 heteroatoms. The number of hydrogen-bond acceptors (Lipinski definition) is 5. The Kier molecular flexibility index (Phi) is 3.20. The molecule has 0 aliphatic carbocycles. The molecule has 2 aromatic heterocycles. The Morgan fingerprint density at radius 2 is 2.41 bits per heavy atom. The molecular formula is C12H15N3S2. The monoisotopic (exact) mass is 265 g/mol.